The van der Waals surface area contributed by atoms with E-state index in [2.05, 4.69) is 21.2 Å². The van der Waals surface area contributed by atoms with Gasteiger partial charge >= 0.3 is 0 Å². The highest BCUT2D eigenvalue weighted by Crippen LogP contribution is 2.25. The van der Waals surface area contributed by atoms with Crippen LogP contribution < -0.4 is 10.1 Å². The molecule has 4 nitrogen and oxygen atoms in total. The molecule has 0 spiro atoms. The zero-order valence-corrected chi connectivity index (χ0v) is 12.7. The number of phenols is 1. The summed E-state index contributed by atoms with van der Waals surface area (Å²) < 4.78 is 5.86. The Morgan fingerprint density at radius 2 is 2.00 bits per heavy atom. The molecule has 2 aromatic carbocycles. The smallest absolute Gasteiger partial charge is 0.259 e. The quantitative estimate of drug-likeness (QED) is 0.898. The van der Waals surface area contributed by atoms with Crippen LogP contribution in [0.15, 0.2) is 40.9 Å². The number of carbonyl (C=O) groups is 1. The Balaban J connectivity index is 2.23. The summed E-state index contributed by atoms with van der Waals surface area (Å²) in [5.41, 5.74) is 1.88. The number of halogens is 1. The fourth-order valence-electron chi connectivity index (χ4n) is 1.84. The van der Waals surface area contributed by atoms with E-state index in [1.54, 1.807) is 12.1 Å². The van der Waals surface area contributed by atoms with Crippen molar-refractivity contribution in [3.63, 3.8) is 0 Å². The minimum atomic E-state index is -0.373. The molecule has 1 amide bonds. The molecule has 2 aromatic rings. The van der Waals surface area contributed by atoms with Gasteiger partial charge in [0, 0.05) is 16.2 Å². The lowest BCUT2D eigenvalue weighted by molar-refractivity contribution is 0.102. The van der Waals surface area contributed by atoms with Gasteiger partial charge in [0.25, 0.3) is 5.91 Å². The van der Waals surface area contributed by atoms with Gasteiger partial charge in [-0.05, 0) is 42.8 Å². The van der Waals surface area contributed by atoms with E-state index in [9.17, 15) is 9.90 Å². The Kier molecular flexibility index (Phi) is 4.29. The molecule has 5 heteroatoms. The molecule has 0 aliphatic heterocycles. The van der Waals surface area contributed by atoms with E-state index in [-0.39, 0.29) is 17.2 Å². The van der Waals surface area contributed by atoms with E-state index in [1.807, 2.05) is 19.1 Å². The van der Waals surface area contributed by atoms with E-state index in [0.29, 0.717) is 11.4 Å². The molecule has 0 aliphatic rings. The van der Waals surface area contributed by atoms with E-state index < -0.39 is 0 Å². The van der Waals surface area contributed by atoms with Gasteiger partial charge in [0.15, 0.2) is 0 Å². The largest absolute Gasteiger partial charge is 0.507 e. The van der Waals surface area contributed by atoms with Crippen molar-refractivity contribution in [1.29, 1.82) is 0 Å². The van der Waals surface area contributed by atoms with Gasteiger partial charge in [-0.2, -0.15) is 0 Å². The molecule has 104 valence electrons. The van der Waals surface area contributed by atoms with Gasteiger partial charge in [0.1, 0.15) is 11.5 Å². The second-order valence-corrected chi connectivity index (χ2v) is 5.27. The first kappa shape index (κ1) is 14.4. The van der Waals surface area contributed by atoms with Gasteiger partial charge in [-0.1, -0.05) is 15.9 Å². The van der Waals surface area contributed by atoms with Crippen molar-refractivity contribution in [3.8, 4) is 11.5 Å². The van der Waals surface area contributed by atoms with Crippen LogP contribution >= 0.6 is 15.9 Å². The van der Waals surface area contributed by atoms with Gasteiger partial charge in [-0.15, -0.1) is 0 Å². The lowest BCUT2D eigenvalue weighted by Gasteiger charge is -2.09. The number of anilines is 1. The molecule has 0 aliphatic carbocycles. The SMILES string of the molecule is COc1ccc(C(=O)Nc2cc(C)cc(Br)c2)c(O)c1. The summed E-state index contributed by atoms with van der Waals surface area (Å²) in [5, 5.41) is 12.6. The molecule has 0 bridgehead atoms. The van der Waals surface area contributed by atoms with Crippen molar-refractivity contribution >= 4 is 27.5 Å². The number of carbonyl (C=O) groups excluding carboxylic acids is 1. The molecule has 0 atom stereocenters. The van der Waals surface area contributed by atoms with Crippen molar-refractivity contribution in [3.05, 3.63) is 52.0 Å². The number of phenolic OH excluding ortho intramolecular Hbond substituents is 1. The van der Waals surface area contributed by atoms with Crippen LogP contribution in [0.5, 0.6) is 11.5 Å². The van der Waals surface area contributed by atoms with Crippen LogP contribution in [-0.2, 0) is 0 Å². The van der Waals surface area contributed by atoms with Gasteiger partial charge in [-0.25, -0.2) is 0 Å². The highest BCUT2D eigenvalue weighted by Gasteiger charge is 2.12. The van der Waals surface area contributed by atoms with Crippen molar-refractivity contribution in [2.45, 2.75) is 6.92 Å². The number of hydrogen-bond acceptors (Lipinski definition) is 3. The van der Waals surface area contributed by atoms with E-state index in [4.69, 9.17) is 4.74 Å². The summed E-state index contributed by atoms with van der Waals surface area (Å²) >= 11 is 3.38. The molecule has 0 heterocycles. The fourth-order valence-corrected chi connectivity index (χ4v) is 2.45. The third-order valence-electron chi connectivity index (χ3n) is 2.75. The van der Waals surface area contributed by atoms with Gasteiger partial charge in [0.2, 0.25) is 0 Å². The van der Waals surface area contributed by atoms with Crippen LogP contribution in [0.3, 0.4) is 0 Å². The van der Waals surface area contributed by atoms with E-state index in [0.717, 1.165) is 10.0 Å². The number of ether oxygens (including phenoxy) is 1. The summed E-state index contributed by atoms with van der Waals surface area (Å²) in [6, 6.07) is 10.1. The Labute approximate surface area is 125 Å². The highest BCUT2D eigenvalue weighted by atomic mass is 79.9. The first-order valence-corrected chi connectivity index (χ1v) is 6.74. The highest BCUT2D eigenvalue weighted by molar-refractivity contribution is 9.10. The molecular weight excluding hydrogens is 322 g/mol. The number of rotatable bonds is 3. The number of methoxy groups -OCH3 is 1. The van der Waals surface area contributed by atoms with Gasteiger partial charge in [0.05, 0.1) is 12.7 Å². The standard InChI is InChI=1S/C15H14BrNO3/c1-9-5-10(16)7-11(6-9)17-15(19)13-4-3-12(20-2)8-14(13)18/h3-8,18H,1-2H3,(H,17,19). The number of nitrogens with one attached hydrogen (secondary N) is 1. The molecule has 0 saturated carbocycles. The zero-order chi connectivity index (χ0) is 14.7. The summed E-state index contributed by atoms with van der Waals surface area (Å²) in [6.07, 6.45) is 0. The van der Waals surface area contributed by atoms with E-state index in [1.165, 1.54) is 19.2 Å². The maximum atomic E-state index is 12.1. The van der Waals surface area contributed by atoms with Crippen LogP contribution in [0.4, 0.5) is 5.69 Å². The second-order valence-electron chi connectivity index (χ2n) is 4.35. The Morgan fingerprint density at radius 1 is 1.25 bits per heavy atom. The van der Waals surface area contributed by atoms with Crippen LogP contribution in [0.1, 0.15) is 15.9 Å². The number of hydrogen-bond donors (Lipinski definition) is 2. The molecular formula is C15H14BrNO3. The van der Waals surface area contributed by atoms with Crippen LogP contribution in [0.2, 0.25) is 0 Å². The zero-order valence-electron chi connectivity index (χ0n) is 11.1. The normalized spacial score (nSPS) is 10.2. The van der Waals surface area contributed by atoms with Crippen molar-refractivity contribution < 1.29 is 14.6 Å². The Morgan fingerprint density at radius 3 is 2.60 bits per heavy atom. The molecule has 2 rings (SSSR count). The third kappa shape index (κ3) is 3.30. The van der Waals surface area contributed by atoms with Crippen molar-refractivity contribution in [1.82, 2.24) is 0 Å². The molecule has 0 saturated heterocycles. The average molecular weight is 336 g/mol. The molecule has 0 aromatic heterocycles. The predicted octanol–water partition coefficient (Wildman–Crippen LogP) is 3.72. The molecule has 20 heavy (non-hydrogen) atoms. The lowest BCUT2D eigenvalue weighted by atomic mass is 10.1. The van der Waals surface area contributed by atoms with E-state index >= 15 is 0 Å². The molecule has 0 fully saturated rings. The summed E-state index contributed by atoms with van der Waals surface area (Å²) in [4.78, 5) is 12.1. The Hall–Kier alpha value is -2.01. The maximum absolute atomic E-state index is 12.1. The Bertz CT molecular complexity index is 635. The summed E-state index contributed by atoms with van der Waals surface area (Å²) in [6.45, 7) is 1.94. The number of aryl methyl sites for hydroxylation is 1. The second kappa shape index (κ2) is 5.96. The number of benzene rings is 2. The molecule has 0 unspecified atom stereocenters. The number of amides is 1. The first-order chi connectivity index (χ1) is 9.49. The number of aromatic hydroxyl groups is 1. The van der Waals surface area contributed by atoms with Crippen LogP contribution in [0, 0.1) is 6.92 Å². The average Bonchev–Trinajstić information content (AvgIpc) is 2.36. The first-order valence-electron chi connectivity index (χ1n) is 5.95. The minimum absolute atomic E-state index is 0.117. The van der Waals surface area contributed by atoms with Gasteiger partial charge in [-0.3, -0.25) is 4.79 Å². The lowest BCUT2D eigenvalue weighted by Crippen LogP contribution is -2.12. The van der Waals surface area contributed by atoms with Crippen molar-refractivity contribution in [2.24, 2.45) is 0 Å². The van der Waals surface area contributed by atoms with Gasteiger partial charge < -0.3 is 15.2 Å². The van der Waals surface area contributed by atoms with Crippen LogP contribution in [0.25, 0.3) is 0 Å². The monoisotopic (exact) mass is 335 g/mol. The molecule has 2 N–H and O–H groups in total. The third-order valence-corrected chi connectivity index (χ3v) is 3.21. The summed E-state index contributed by atoms with van der Waals surface area (Å²) in [5.74, 6) is 0.00794. The predicted molar refractivity (Wildman–Crippen MR) is 81.5 cm³/mol. The summed E-state index contributed by atoms with van der Waals surface area (Å²) in [7, 11) is 1.50. The molecule has 0 radical (unpaired) electrons. The minimum Gasteiger partial charge on any atom is -0.507 e. The topological polar surface area (TPSA) is 58.6 Å². The van der Waals surface area contributed by atoms with Crippen molar-refractivity contribution in [2.75, 3.05) is 12.4 Å². The maximum Gasteiger partial charge on any atom is 0.259 e. The van der Waals surface area contributed by atoms with Crippen LogP contribution in [-0.4, -0.2) is 18.1 Å². The fraction of sp³-hybridized carbons (Fsp3) is 0.133.